The summed E-state index contributed by atoms with van der Waals surface area (Å²) in [4.78, 5) is 5.01. The molecule has 0 aromatic rings. The van der Waals surface area contributed by atoms with Crippen LogP contribution in [0.1, 0.15) is 33.6 Å². The molecule has 0 saturated carbocycles. The van der Waals surface area contributed by atoms with Gasteiger partial charge in [0.2, 0.25) is 0 Å². The molecule has 0 aromatic heterocycles. The Morgan fingerprint density at radius 1 is 1.40 bits per heavy atom. The van der Waals surface area contributed by atoms with E-state index in [1.807, 2.05) is 0 Å². The number of hydrogen-bond donors (Lipinski definition) is 1. The van der Waals surface area contributed by atoms with Crippen LogP contribution in [0.2, 0.25) is 0 Å². The molecular weight excluding hydrogens is 186 g/mol. The molecule has 1 saturated heterocycles. The third kappa shape index (κ3) is 3.16. The molecule has 1 fully saturated rings. The fourth-order valence-corrected chi connectivity index (χ4v) is 2.42. The van der Waals surface area contributed by atoms with Crippen LogP contribution in [0.3, 0.4) is 0 Å². The second kappa shape index (κ2) is 5.28. The van der Waals surface area contributed by atoms with Crippen LogP contribution in [0, 0.1) is 0 Å². The zero-order valence-electron chi connectivity index (χ0n) is 10.8. The summed E-state index contributed by atoms with van der Waals surface area (Å²) in [5.74, 6) is 0. The molecule has 1 aliphatic heterocycles. The molecule has 1 aliphatic rings. The standard InChI is InChI=1S/C12H27N3/c1-5-6-7-15-9-11(8-13)14(4)12(2,3)10-15/h11H,5-10,13H2,1-4H3. The van der Waals surface area contributed by atoms with Crippen molar-refractivity contribution in [3.8, 4) is 0 Å². The number of likely N-dealkylation sites (N-methyl/N-ethyl adjacent to an activating group) is 1. The molecule has 2 N–H and O–H groups in total. The summed E-state index contributed by atoms with van der Waals surface area (Å²) < 4.78 is 0. The lowest BCUT2D eigenvalue weighted by Gasteiger charge is -2.50. The lowest BCUT2D eigenvalue weighted by atomic mass is 9.95. The van der Waals surface area contributed by atoms with Gasteiger partial charge in [0.15, 0.2) is 0 Å². The van der Waals surface area contributed by atoms with Crippen molar-refractivity contribution in [3.05, 3.63) is 0 Å². The normalized spacial score (nSPS) is 28.2. The van der Waals surface area contributed by atoms with Crippen LogP contribution < -0.4 is 5.73 Å². The van der Waals surface area contributed by atoms with Crippen molar-refractivity contribution in [3.63, 3.8) is 0 Å². The summed E-state index contributed by atoms with van der Waals surface area (Å²) in [5.41, 5.74) is 6.10. The fourth-order valence-electron chi connectivity index (χ4n) is 2.42. The molecule has 1 rings (SSSR count). The molecule has 3 heteroatoms. The van der Waals surface area contributed by atoms with E-state index >= 15 is 0 Å². The average molecular weight is 213 g/mol. The molecule has 0 spiro atoms. The highest BCUT2D eigenvalue weighted by Gasteiger charge is 2.36. The number of unbranched alkanes of at least 4 members (excludes halogenated alkanes) is 1. The number of nitrogens with zero attached hydrogens (tertiary/aromatic N) is 2. The topological polar surface area (TPSA) is 32.5 Å². The van der Waals surface area contributed by atoms with Gasteiger partial charge < -0.3 is 5.73 Å². The van der Waals surface area contributed by atoms with Gasteiger partial charge in [0.25, 0.3) is 0 Å². The highest BCUT2D eigenvalue weighted by atomic mass is 15.3. The van der Waals surface area contributed by atoms with Gasteiger partial charge in [-0.2, -0.15) is 0 Å². The molecule has 0 radical (unpaired) electrons. The highest BCUT2D eigenvalue weighted by Crippen LogP contribution is 2.23. The summed E-state index contributed by atoms with van der Waals surface area (Å²) in [7, 11) is 2.20. The monoisotopic (exact) mass is 213 g/mol. The van der Waals surface area contributed by atoms with Crippen molar-refractivity contribution in [2.45, 2.75) is 45.2 Å². The Morgan fingerprint density at radius 3 is 2.60 bits per heavy atom. The number of rotatable bonds is 4. The molecule has 15 heavy (non-hydrogen) atoms. The SMILES string of the molecule is CCCCN1CC(CN)N(C)C(C)(C)C1. The van der Waals surface area contributed by atoms with E-state index in [1.54, 1.807) is 0 Å². The van der Waals surface area contributed by atoms with E-state index in [9.17, 15) is 0 Å². The number of hydrogen-bond acceptors (Lipinski definition) is 3. The van der Waals surface area contributed by atoms with Gasteiger partial charge >= 0.3 is 0 Å². The van der Waals surface area contributed by atoms with E-state index in [1.165, 1.54) is 25.9 Å². The van der Waals surface area contributed by atoms with Gasteiger partial charge in [-0.3, -0.25) is 9.80 Å². The fraction of sp³-hybridized carbons (Fsp3) is 1.00. The second-order valence-electron chi connectivity index (χ2n) is 5.40. The largest absolute Gasteiger partial charge is 0.329 e. The van der Waals surface area contributed by atoms with E-state index in [4.69, 9.17) is 5.73 Å². The minimum Gasteiger partial charge on any atom is -0.329 e. The predicted octanol–water partition coefficient (Wildman–Crippen LogP) is 1.14. The Balaban J connectivity index is 2.57. The maximum absolute atomic E-state index is 5.84. The van der Waals surface area contributed by atoms with E-state index < -0.39 is 0 Å². The first-order valence-corrected chi connectivity index (χ1v) is 6.16. The van der Waals surface area contributed by atoms with Gasteiger partial charge in [-0.1, -0.05) is 13.3 Å². The smallest absolute Gasteiger partial charge is 0.0348 e. The Morgan fingerprint density at radius 2 is 2.07 bits per heavy atom. The first kappa shape index (κ1) is 12.9. The molecular formula is C12H27N3. The van der Waals surface area contributed by atoms with Crippen LogP contribution >= 0.6 is 0 Å². The lowest BCUT2D eigenvalue weighted by Crippen LogP contribution is -2.64. The van der Waals surface area contributed by atoms with Crippen LogP contribution in [0.5, 0.6) is 0 Å². The molecule has 3 nitrogen and oxygen atoms in total. The maximum Gasteiger partial charge on any atom is 0.0348 e. The predicted molar refractivity (Wildman–Crippen MR) is 66.0 cm³/mol. The summed E-state index contributed by atoms with van der Waals surface area (Å²) in [6.07, 6.45) is 2.58. The van der Waals surface area contributed by atoms with E-state index in [2.05, 4.69) is 37.6 Å². The third-order valence-corrected chi connectivity index (χ3v) is 3.68. The van der Waals surface area contributed by atoms with Gasteiger partial charge in [0.1, 0.15) is 0 Å². The molecule has 1 unspecified atom stereocenters. The summed E-state index contributed by atoms with van der Waals surface area (Å²) in [6.45, 7) is 11.2. The quantitative estimate of drug-likeness (QED) is 0.760. The molecule has 0 amide bonds. The Hall–Kier alpha value is -0.120. The van der Waals surface area contributed by atoms with Crippen LogP contribution in [0.4, 0.5) is 0 Å². The highest BCUT2D eigenvalue weighted by molar-refractivity contribution is 4.94. The van der Waals surface area contributed by atoms with Crippen molar-refractivity contribution in [1.29, 1.82) is 0 Å². The van der Waals surface area contributed by atoms with Crippen LogP contribution in [0.25, 0.3) is 0 Å². The van der Waals surface area contributed by atoms with Crippen molar-refractivity contribution < 1.29 is 0 Å². The zero-order valence-corrected chi connectivity index (χ0v) is 10.8. The van der Waals surface area contributed by atoms with Crippen LogP contribution in [0.15, 0.2) is 0 Å². The number of piperazine rings is 1. The molecule has 1 heterocycles. The van der Waals surface area contributed by atoms with Crippen LogP contribution in [-0.4, -0.2) is 54.6 Å². The molecule has 1 atom stereocenters. The minimum absolute atomic E-state index is 0.260. The Bertz CT molecular complexity index is 191. The first-order chi connectivity index (χ1) is 7.01. The number of nitrogens with two attached hydrogens (primary N) is 1. The maximum atomic E-state index is 5.84. The van der Waals surface area contributed by atoms with Gasteiger partial charge in [0, 0.05) is 31.2 Å². The van der Waals surface area contributed by atoms with Gasteiger partial charge in [-0.15, -0.1) is 0 Å². The second-order valence-corrected chi connectivity index (χ2v) is 5.40. The Kier molecular flexibility index (Phi) is 4.56. The van der Waals surface area contributed by atoms with Crippen molar-refractivity contribution >= 4 is 0 Å². The third-order valence-electron chi connectivity index (χ3n) is 3.68. The van der Waals surface area contributed by atoms with E-state index in [0.717, 1.165) is 13.1 Å². The summed E-state index contributed by atoms with van der Waals surface area (Å²) in [6, 6.07) is 0.519. The lowest BCUT2D eigenvalue weighted by molar-refractivity contribution is -0.00308. The van der Waals surface area contributed by atoms with Crippen molar-refractivity contribution in [2.24, 2.45) is 5.73 Å². The molecule has 0 aliphatic carbocycles. The molecule has 0 aromatic carbocycles. The van der Waals surface area contributed by atoms with Gasteiger partial charge in [-0.25, -0.2) is 0 Å². The van der Waals surface area contributed by atoms with Crippen molar-refractivity contribution in [2.75, 3.05) is 33.2 Å². The zero-order chi connectivity index (χ0) is 11.5. The van der Waals surface area contributed by atoms with Crippen molar-refractivity contribution in [1.82, 2.24) is 9.80 Å². The van der Waals surface area contributed by atoms with Gasteiger partial charge in [-0.05, 0) is 33.9 Å². The molecule has 90 valence electrons. The summed E-state index contributed by atoms with van der Waals surface area (Å²) >= 11 is 0. The Labute approximate surface area is 94.6 Å². The van der Waals surface area contributed by atoms with E-state index in [0.29, 0.717) is 6.04 Å². The average Bonchev–Trinajstić information content (AvgIpc) is 2.19. The van der Waals surface area contributed by atoms with Gasteiger partial charge in [0.05, 0.1) is 0 Å². The van der Waals surface area contributed by atoms with E-state index in [-0.39, 0.29) is 5.54 Å². The van der Waals surface area contributed by atoms with Crippen LogP contribution in [-0.2, 0) is 0 Å². The first-order valence-electron chi connectivity index (χ1n) is 6.16. The minimum atomic E-state index is 0.260. The summed E-state index contributed by atoms with van der Waals surface area (Å²) in [5, 5.41) is 0. The molecule has 0 bridgehead atoms.